The molecule has 2 atom stereocenters. The van der Waals surface area contributed by atoms with Crippen LogP contribution < -0.4 is 10.6 Å². The summed E-state index contributed by atoms with van der Waals surface area (Å²) in [4.78, 5) is 54.3. The molecule has 8 heteroatoms. The molecule has 0 saturated carbocycles. The lowest BCUT2D eigenvalue weighted by atomic mass is 9.94. The normalized spacial score (nSPS) is 12.3. The van der Waals surface area contributed by atoms with Crippen molar-refractivity contribution in [1.82, 2.24) is 20.4 Å². The number of hydrogen-bond donors (Lipinski definition) is 2. The van der Waals surface area contributed by atoms with Crippen molar-refractivity contribution in [2.24, 2.45) is 5.92 Å². The minimum atomic E-state index is -1.10. The Kier molecular flexibility index (Phi) is 14.0. The number of nitrogens with one attached hydrogen (secondary N) is 2. The SMILES string of the molecule is C#CC=CC(NC(=O)[C@@H](CC(=O)N(C)CCN(C)C)Cc1ccccc1)C(=O)NCC(=O)CCC#C. The highest BCUT2D eigenvalue weighted by atomic mass is 16.2. The Morgan fingerprint density at radius 3 is 2.33 bits per heavy atom. The van der Waals surface area contributed by atoms with Crippen LogP contribution in [-0.2, 0) is 25.6 Å². The lowest BCUT2D eigenvalue weighted by molar-refractivity contribution is -0.136. The van der Waals surface area contributed by atoms with Crippen molar-refractivity contribution < 1.29 is 19.2 Å². The van der Waals surface area contributed by atoms with Gasteiger partial charge in [-0.25, -0.2) is 0 Å². The second kappa shape index (κ2) is 16.7. The predicted octanol–water partition coefficient (Wildman–Crippen LogP) is 1.03. The van der Waals surface area contributed by atoms with Crippen LogP contribution >= 0.6 is 0 Å². The first-order valence-corrected chi connectivity index (χ1v) is 11.8. The van der Waals surface area contributed by atoms with Crippen LogP contribution in [0.2, 0.25) is 0 Å². The Morgan fingerprint density at radius 1 is 1.03 bits per heavy atom. The van der Waals surface area contributed by atoms with E-state index in [9.17, 15) is 19.2 Å². The molecular weight excluding hydrogens is 456 g/mol. The first-order chi connectivity index (χ1) is 17.2. The van der Waals surface area contributed by atoms with Crippen molar-refractivity contribution >= 4 is 23.5 Å². The Labute approximate surface area is 214 Å². The molecule has 0 spiro atoms. The van der Waals surface area contributed by atoms with Crippen LogP contribution in [0.4, 0.5) is 0 Å². The summed E-state index contributed by atoms with van der Waals surface area (Å²) in [5.41, 5.74) is 0.890. The van der Waals surface area contributed by atoms with Crippen LogP contribution in [0, 0.1) is 30.6 Å². The molecule has 0 radical (unpaired) electrons. The Bertz CT molecular complexity index is 989. The molecule has 8 nitrogen and oxygen atoms in total. The Hall–Kier alpha value is -3.88. The molecule has 3 amide bonds. The summed E-state index contributed by atoms with van der Waals surface area (Å²) in [5.74, 6) is 2.51. The van der Waals surface area contributed by atoms with Crippen LogP contribution in [0.25, 0.3) is 0 Å². The fourth-order valence-corrected chi connectivity index (χ4v) is 3.22. The molecule has 0 aliphatic rings. The fraction of sp³-hybridized carbons (Fsp3) is 0.429. The van der Waals surface area contributed by atoms with Gasteiger partial charge >= 0.3 is 0 Å². The molecule has 192 valence electrons. The van der Waals surface area contributed by atoms with Crippen molar-refractivity contribution in [3.8, 4) is 24.7 Å². The van der Waals surface area contributed by atoms with Gasteiger partial charge in [0.15, 0.2) is 5.78 Å². The summed E-state index contributed by atoms with van der Waals surface area (Å²) in [7, 11) is 5.54. The number of carbonyl (C=O) groups is 4. The van der Waals surface area contributed by atoms with E-state index in [1.807, 2.05) is 49.3 Å². The van der Waals surface area contributed by atoms with Gasteiger partial charge in [0.25, 0.3) is 0 Å². The van der Waals surface area contributed by atoms with Gasteiger partial charge in [0.05, 0.1) is 12.5 Å². The molecule has 1 rings (SSSR count). The largest absolute Gasteiger partial charge is 0.347 e. The number of rotatable bonds is 15. The van der Waals surface area contributed by atoms with Crippen LogP contribution in [0.3, 0.4) is 0 Å². The van der Waals surface area contributed by atoms with E-state index in [0.29, 0.717) is 19.5 Å². The lowest BCUT2D eigenvalue weighted by Crippen LogP contribution is -2.49. The van der Waals surface area contributed by atoms with E-state index >= 15 is 0 Å². The van der Waals surface area contributed by atoms with Gasteiger partial charge in [-0.3, -0.25) is 19.2 Å². The molecule has 0 saturated heterocycles. The van der Waals surface area contributed by atoms with E-state index in [2.05, 4.69) is 22.5 Å². The molecule has 2 N–H and O–H groups in total. The molecule has 1 unspecified atom stereocenters. The predicted molar refractivity (Wildman–Crippen MR) is 140 cm³/mol. The summed E-state index contributed by atoms with van der Waals surface area (Å²) in [6.45, 7) is 1.01. The molecule has 0 aliphatic carbocycles. The van der Waals surface area contributed by atoms with Gasteiger partial charge in [-0.1, -0.05) is 36.3 Å². The number of allylic oxidation sites excluding steroid dienone is 1. The van der Waals surface area contributed by atoms with E-state index in [1.54, 1.807) is 11.9 Å². The number of ketones is 1. The maximum absolute atomic E-state index is 13.3. The highest BCUT2D eigenvalue weighted by Crippen LogP contribution is 2.15. The fourth-order valence-electron chi connectivity index (χ4n) is 3.22. The average Bonchev–Trinajstić information content (AvgIpc) is 2.86. The van der Waals surface area contributed by atoms with Crippen molar-refractivity contribution in [1.29, 1.82) is 0 Å². The molecule has 0 bridgehead atoms. The van der Waals surface area contributed by atoms with Gasteiger partial charge in [0, 0.05) is 39.4 Å². The molecule has 0 fully saturated rings. The third-order valence-electron chi connectivity index (χ3n) is 5.40. The quantitative estimate of drug-likeness (QED) is 0.357. The summed E-state index contributed by atoms with van der Waals surface area (Å²) in [6.07, 6.45) is 13.8. The number of carbonyl (C=O) groups excluding carboxylic acids is 4. The van der Waals surface area contributed by atoms with Crippen LogP contribution in [0.1, 0.15) is 24.8 Å². The van der Waals surface area contributed by atoms with Crippen LogP contribution in [-0.4, -0.2) is 80.1 Å². The zero-order chi connectivity index (χ0) is 26.9. The van der Waals surface area contributed by atoms with E-state index in [0.717, 1.165) is 5.56 Å². The smallest absolute Gasteiger partial charge is 0.247 e. The van der Waals surface area contributed by atoms with E-state index in [4.69, 9.17) is 12.8 Å². The van der Waals surface area contributed by atoms with Gasteiger partial charge in [0.1, 0.15) is 6.04 Å². The van der Waals surface area contributed by atoms with E-state index in [-0.39, 0.29) is 37.5 Å². The topological polar surface area (TPSA) is 98.8 Å². The molecule has 0 aromatic heterocycles. The van der Waals surface area contributed by atoms with Crippen LogP contribution in [0.15, 0.2) is 42.5 Å². The maximum atomic E-state index is 13.3. The van der Waals surface area contributed by atoms with Crippen molar-refractivity contribution in [2.45, 2.75) is 31.7 Å². The first-order valence-electron chi connectivity index (χ1n) is 11.8. The highest BCUT2D eigenvalue weighted by molar-refractivity contribution is 5.93. The Balaban J connectivity index is 2.98. The standard InChI is InChI=1S/C28H36N4O4/c1-6-8-15-24(33)21-29-28(36)25(16-9-7-2)30-27(35)23(19-22-13-11-10-12-14-22)20-26(34)32(5)18-17-31(3)4/h1-2,9-14,16,23,25H,8,15,17-21H2,3-5H3,(H,29,36)(H,30,35)/t23-,25?/m1/s1. The third-order valence-corrected chi connectivity index (χ3v) is 5.40. The van der Waals surface area contributed by atoms with E-state index < -0.39 is 23.8 Å². The van der Waals surface area contributed by atoms with Gasteiger partial charge in [-0.2, -0.15) is 0 Å². The molecule has 0 heterocycles. The number of benzene rings is 1. The summed E-state index contributed by atoms with van der Waals surface area (Å²) in [5, 5.41) is 5.19. The van der Waals surface area contributed by atoms with Crippen molar-refractivity contribution in [3.05, 3.63) is 48.0 Å². The second-order valence-corrected chi connectivity index (χ2v) is 8.68. The van der Waals surface area contributed by atoms with Gasteiger partial charge in [-0.05, 0) is 38.2 Å². The monoisotopic (exact) mass is 492 g/mol. The van der Waals surface area contributed by atoms with E-state index in [1.165, 1.54) is 12.2 Å². The number of nitrogens with zero attached hydrogens (tertiary/aromatic N) is 2. The highest BCUT2D eigenvalue weighted by Gasteiger charge is 2.27. The van der Waals surface area contributed by atoms with Gasteiger partial charge in [-0.15, -0.1) is 18.8 Å². The van der Waals surface area contributed by atoms with Crippen molar-refractivity contribution in [3.63, 3.8) is 0 Å². The summed E-state index contributed by atoms with van der Waals surface area (Å²) >= 11 is 0. The molecule has 1 aromatic carbocycles. The zero-order valence-corrected chi connectivity index (χ0v) is 21.3. The molecule has 36 heavy (non-hydrogen) atoms. The first kappa shape index (κ1) is 30.2. The summed E-state index contributed by atoms with van der Waals surface area (Å²) < 4.78 is 0. The van der Waals surface area contributed by atoms with Gasteiger partial charge < -0.3 is 20.4 Å². The number of amides is 3. The van der Waals surface area contributed by atoms with Crippen LogP contribution in [0.5, 0.6) is 0 Å². The Morgan fingerprint density at radius 2 is 1.72 bits per heavy atom. The molecule has 1 aromatic rings. The molecular formula is C28H36N4O4. The minimum Gasteiger partial charge on any atom is -0.347 e. The maximum Gasteiger partial charge on any atom is 0.247 e. The molecule has 0 aliphatic heterocycles. The lowest BCUT2D eigenvalue weighted by Gasteiger charge is -2.24. The number of hydrogen-bond acceptors (Lipinski definition) is 5. The minimum absolute atomic E-state index is 0.0254. The number of Topliss-reactive ketones (excluding diaryl/α,β-unsaturated/α-hetero) is 1. The average molecular weight is 493 g/mol. The third kappa shape index (κ3) is 12.0. The number of likely N-dealkylation sites (N-methyl/N-ethyl adjacent to an activating group) is 2. The number of terminal acetylenes is 2. The van der Waals surface area contributed by atoms with Gasteiger partial charge in [0.2, 0.25) is 17.7 Å². The zero-order valence-electron chi connectivity index (χ0n) is 21.3. The summed E-state index contributed by atoms with van der Waals surface area (Å²) in [6, 6.07) is 8.25. The second-order valence-electron chi connectivity index (χ2n) is 8.68. The van der Waals surface area contributed by atoms with Crippen molar-refractivity contribution in [2.75, 3.05) is 40.8 Å².